The molecule has 26 heavy (non-hydrogen) atoms. The monoisotopic (exact) mass is 389 g/mol. The first-order chi connectivity index (χ1) is 12.6. The topological polar surface area (TPSA) is 34.2 Å². The zero-order valence-corrected chi connectivity index (χ0v) is 16.8. The van der Waals surface area contributed by atoms with E-state index < -0.39 is 0 Å². The Kier molecular flexibility index (Phi) is 6.25. The van der Waals surface area contributed by atoms with Gasteiger partial charge in [0.1, 0.15) is 0 Å². The van der Waals surface area contributed by atoms with Gasteiger partial charge in [0, 0.05) is 57.4 Å². The Morgan fingerprint density at radius 1 is 1.04 bits per heavy atom. The molecule has 0 aliphatic rings. The molecule has 0 radical (unpaired) electrons. The van der Waals surface area contributed by atoms with Crippen molar-refractivity contribution in [1.82, 2.24) is 9.47 Å². The third-order valence-electron chi connectivity index (χ3n) is 5.00. The van der Waals surface area contributed by atoms with Gasteiger partial charge in [0.2, 0.25) is 0 Å². The molecule has 3 rings (SSSR count). The van der Waals surface area contributed by atoms with Crippen molar-refractivity contribution in [3.05, 3.63) is 58.2 Å². The normalized spacial score (nSPS) is 11.6. The molecule has 3 aromatic rings. The molecule has 0 fully saturated rings. The molecule has 0 saturated carbocycles. The van der Waals surface area contributed by atoms with E-state index in [9.17, 15) is 0 Å². The van der Waals surface area contributed by atoms with E-state index in [0.717, 1.165) is 63.9 Å². The van der Waals surface area contributed by atoms with Crippen molar-refractivity contribution in [3.63, 3.8) is 0 Å². The van der Waals surface area contributed by atoms with E-state index in [4.69, 9.17) is 28.9 Å². The van der Waals surface area contributed by atoms with E-state index in [-0.39, 0.29) is 0 Å². The van der Waals surface area contributed by atoms with Gasteiger partial charge in [0.25, 0.3) is 0 Å². The molecule has 0 aliphatic carbocycles. The lowest BCUT2D eigenvalue weighted by Gasteiger charge is -2.20. The second-order valence-corrected chi connectivity index (χ2v) is 7.19. The van der Waals surface area contributed by atoms with Crippen molar-refractivity contribution in [2.45, 2.75) is 26.9 Å². The number of rotatable bonds is 7. The summed E-state index contributed by atoms with van der Waals surface area (Å²) in [4.78, 5) is 2.41. The molecule has 2 N–H and O–H groups in total. The highest BCUT2D eigenvalue weighted by Gasteiger charge is 2.19. The van der Waals surface area contributed by atoms with Crippen LogP contribution in [0.2, 0.25) is 10.0 Å². The molecule has 0 saturated heterocycles. The van der Waals surface area contributed by atoms with Gasteiger partial charge >= 0.3 is 0 Å². The fourth-order valence-electron chi connectivity index (χ4n) is 3.59. The number of fused-ring (bicyclic) bond motifs is 1. The maximum Gasteiger partial charge on any atom is 0.0490 e. The number of nitrogens with two attached hydrogens (primary N) is 1. The minimum Gasteiger partial charge on any atom is -0.341 e. The highest BCUT2D eigenvalue weighted by atomic mass is 35.5. The van der Waals surface area contributed by atoms with Gasteiger partial charge < -0.3 is 15.2 Å². The van der Waals surface area contributed by atoms with Gasteiger partial charge in [-0.2, -0.15) is 0 Å². The first-order valence-corrected chi connectivity index (χ1v) is 9.84. The lowest BCUT2D eigenvalue weighted by molar-refractivity contribution is 0.291. The molecule has 0 spiro atoms. The van der Waals surface area contributed by atoms with Crippen molar-refractivity contribution in [3.8, 4) is 11.1 Å². The molecule has 1 aromatic heterocycles. The summed E-state index contributed by atoms with van der Waals surface area (Å²) in [5.74, 6) is 0. The molecule has 5 heteroatoms. The number of likely N-dealkylation sites (N-methyl/N-ethyl adjacent to an activating group) is 1. The van der Waals surface area contributed by atoms with Crippen LogP contribution in [0.5, 0.6) is 0 Å². The fraction of sp³-hybridized carbons (Fsp3) is 0.333. The lowest BCUT2D eigenvalue weighted by Crippen LogP contribution is -2.27. The van der Waals surface area contributed by atoms with Crippen molar-refractivity contribution in [2.75, 3.05) is 19.6 Å². The quantitative estimate of drug-likeness (QED) is 0.585. The van der Waals surface area contributed by atoms with Crippen LogP contribution in [0.3, 0.4) is 0 Å². The third-order valence-corrected chi connectivity index (χ3v) is 5.57. The summed E-state index contributed by atoms with van der Waals surface area (Å²) in [5, 5.41) is 2.55. The van der Waals surface area contributed by atoms with Crippen LogP contribution in [-0.4, -0.2) is 29.1 Å². The molecule has 0 unspecified atom stereocenters. The van der Waals surface area contributed by atoms with Gasteiger partial charge in [-0.3, -0.25) is 0 Å². The summed E-state index contributed by atoms with van der Waals surface area (Å²) >= 11 is 12.8. The maximum absolute atomic E-state index is 6.52. The molecular formula is C21H25Cl2N3. The van der Waals surface area contributed by atoms with Crippen LogP contribution < -0.4 is 5.73 Å². The van der Waals surface area contributed by atoms with E-state index >= 15 is 0 Å². The summed E-state index contributed by atoms with van der Waals surface area (Å²) in [5.41, 5.74) is 10.5. The number of hydrogen-bond acceptors (Lipinski definition) is 2. The summed E-state index contributed by atoms with van der Waals surface area (Å²) in [7, 11) is 0. The number of benzene rings is 2. The van der Waals surface area contributed by atoms with E-state index in [2.05, 4.69) is 29.4 Å². The van der Waals surface area contributed by atoms with Crippen molar-refractivity contribution >= 4 is 34.1 Å². The molecule has 0 aliphatic heterocycles. The summed E-state index contributed by atoms with van der Waals surface area (Å²) < 4.78 is 2.32. The first kappa shape index (κ1) is 19.2. The smallest absolute Gasteiger partial charge is 0.0490 e. The number of aromatic nitrogens is 1. The molecule has 1 heterocycles. The molecular weight excluding hydrogens is 365 g/mol. The van der Waals surface area contributed by atoms with Crippen LogP contribution in [0.1, 0.15) is 19.5 Å². The Morgan fingerprint density at radius 3 is 2.42 bits per heavy atom. The summed E-state index contributed by atoms with van der Waals surface area (Å²) in [6, 6.07) is 14.0. The van der Waals surface area contributed by atoms with E-state index in [1.54, 1.807) is 0 Å². The Bertz CT molecular complexity index is 898. The second kappa shape index (κ2) is 8.45. The van der Waals surface area contributed by atoms with Crippen molar-refractivity contribution in [1.29, 1.82) is 0 Å². The zero-order valence-electron chi connectivity index (χ0n) is 15.3. The van der Waals surface area contributed by atoms with Crippen LogP contribution >= 0.6 is 23.2 Å². The third kappa shape index (κ3) is 3.63. The van der Waals surface area contributed by atoms with Crippen LogP contribution in [0, 0.1) is 0 Å². The molecule has 0 amide bonds. The van der Waals surface area contributed by atoms with Crippen LogP contribution in [-0.2, 0) is 13.1 Å². The summed E-state index contributed by atoms with van der Waals surface area (Å²) in [6.45, 7) is 8.77. The van der Waals surface area contributed by atoms with Crippen LogP contribution in [0.15, 0.2) is 42.5 Å². The Balaban J connectivity index is 2.20. The molecule has 0 atom stereocenters. The summed E-state index contributed by atoms with van der Waals surface area (Å²) in [6.07, 6.45) is 0. The number of nitrogens with zero attached hydrogens (tertiary/aromatic N) is 2. The first-order valence-electron chi connectivity index (χ1n) is 9.08. The van der Waals surface area contributed by atoms with Gasteiger partial charge in [0.05, 0.1) is 0 Å². The minimum absolute atomic E-state index is 0.450. The number of hydrogen-bond donors (Lipinski definition) is 1. The SMILES string of the molecule is CCN(CC)CCn1c(CN)c(-c2ccccc2Cl)c2cc(Cl)ccc21. The Labute approximate surface area is 165 Å². The molecule has 0 bridgehead atoms. The molecule has 2 aromatic carbocycles. The highest BCUT2D eigenvalue weighted by Crippen LogP contribution is 2.39. The number of halogens is 2. The molecule has 138 valence electrons. The van der Waals surface area contributed by atoms with Crippen LogP contribution in [0.4, 0.5) is 0 Å². The van der Waals surface area contributed by atoms with E-state index in [1.165, 1.54) is 0 Å². The Morgan fingerprint density at radius 2 is 1.77 bits per heavy atom. The zero-order chi connectivity index (χ0) is 18.7. The van der Waals surface area contributed by atoms with Gasteiger partial charge in [-0.05, 0) is 37.4 Å². The predicted molar refractivity (Wildman–Crippen MR) is 113 cm³/mol. The molecule has 3 nitrogen and oxygen atoms in total. The highest BCUT2D eigenvalue weighted by molar-refractivity contribution is 6.34. The van der Waals surface area contributed by atoms with Gasteiger partial charge in [-0.1, -0.05) is 55.2 Å². The van der Waals surface area contributed by atoms with Gasteiger partial charge in [-0.15, -0.1) is 0 Å². The van der Waals surface area contributed by atoms with Crippen molar-refractivity contribution in [2.24, 2.45) is 5.73 Å². The van der Waals surface area contributed by atoms with Gasteiger partial charge in [0.15, 0.2) is 0 Å². The standard InChI is InChI=1S/C21H25Cl2N3/c1-3-25(4-2)11-12-26-19-10-9-15(22)13-17(19)21(20(26)14-24)16-7-5-6-8-18(16)23/h5-10,13H,3-4,11-12,14,24H2,1-2H3. The Hall–Kier alpha value is -1.52. The van der Waals surface area contributed by atoms with Gasteiger partial charge in [-0.25, -0.2) is 0 Å². The van der Waals surface area contributed by atoms with E-state index in [0.29, 0.717) is 6.54 Å². The van der Waals surface area contributed by atoms with Crippen LogP contribution in [0.25, 0.3) is 22.0 Å². The second-order valence-electron chi connectivity index (χ2n) is 6.35. The van der Waals surface area contributed by atoms with Crippen molar-refractivity contribution < 1.29 is 0 Å². The lowest BCUT2D eigenvalue weighted by atomic mass is 10.0. The van der Waals surface area contributed by atoms with E-state index in [1.807, 2.05) is 36.4 Å². The fourth-order valence-corrected chi connectivity index (χ4v) is 4.00. The largest absolute Gasteiger partial charge is 0.341 e. The average molecular weight is 390 g/mol. The maximum atomic E-state index is 6.52. The minimum atomic E-state index is 0.450. The average Bonchev–Trinajstić information content (AvgIpc) is 2.95. The predicted octanol–water partition coefficient (Wildman–Crippen LogP) is 5.42.